The molecule has 14 heavy (non-hydrogen) atoms. The highest BCUT2D eigenvalue weighted by molar-refractivity contribution is 5.41. The molecule has 0 aliphatic carbocycles. The molecular weight excluding hydrogens is 192 g/mol. The van der Waals surface area contributed by atoms with E-state index in [0.29, 0.717) is 5.56 Å². The Hall–Kier alpha value is -1.36. The van der Waals surface area contributed by atoms with Crippen LogP contribution in [-0.2, 0) is 6.54 Å². The number of ether oxygens (including phenoxy) is 1. The van der Waals surface area contributed by atoms with Gasteiger partial charge in [-0.25, -0.2) is 8.78 Å². The van der Waals surface area contributed by atoms with Gasteiger partial charge in [0.15, 0.2) is 11.5 Å². The van der Waals surface area contributed by atoms with Crippen molar-refractivity contribution in [3.63, 3.8) is 0 Å². The zero-order valence-corrected chi connectivity index (χ0v) is 7.41. The molecule has 1 rings (SSSR count). The predicted octanol–water partition coefficient (Wildman–Crippen LogP) is 1.49. The molecule has 0 radical (unpaired) electrons. The van der Waals surface area contributed by atoms with E-state index in [0.717, 1.165) is 0 Å². The lowest BCUT2D eigenvalue weighted by Gasteiger charge is -2.08. The summed E-state index contributed by atoms with van der Waals surface area (Å²) in [7, 11) is 0. The molecule has 0 fully saturated rings. The maximum Gasteiger partial charge on any atom is 0.272 e. The molecule has 0 aliphatic heterocycles. The number of rotatable bonds is 4. The number of benzene rings is 1. The molecule has 0 aliphatic rings. The number of nitrogens with two attached hydrogens (primary N) is 1. The summed E-state index contributed by atoms with van der Waals surface area (Å²) >= 11 is 0. The molecule has 78 valence electrons. The van der Waals surface area contributed by atoms with Crippen LogP contribution >= 0.6 is 0 Å². The Kier molecular flexibility index (Phi) is 3.64. The number of phenols is 1. The van der Waals surface area contributed by atoms with E-state index in [1.807, 2.05) is 0 Å². The average molecular weight is 203 g/mol. The quantitative estimate of drug-likeness (QED) is 0.779. The van der Waals surface area contributed by atoms with E-state index in [-0.39, 0.29) is 18.0 Å². The average Bonchev–Trinajstić information content (AvgIpc) is 2.16. The van der Waals surface area contributed by atoms with Crippen LogP contribution in [0.5, 0.6) is 11.5 Å². The van der Waals surface area contributed by atoms with Crippen molar-refractivity contribution in [3.8, 4) is 11.5 Å². The van der Waals surface area contributed by atoms with E-state index in [4.69, 9.17) is 5.73 Å². The standard InChI is InChI=1S/C9H11F2NO2/c10-9(11)5-14-8-3-6(4-12)1-2-7(8)13/h1-3,9,13H,4-5,12H2. The molecule has 1 aromatic rings. The normalized spacial score (nSPS) is 10.6. The van der Waals surface area contributed by atoms with Gasteiger partial charge in [0, 0.05) is 6.54 Å². The second kappa shape index (κ2) is 4.76. The summed E-state index contributed by atoms with van der Waals surface area (Å²) in [5.74, 6) is -0.129. The molecule has 5 heteroatoms. The topological polar surface area (TPSA) is 55.5 Å². The molecule has 3 N–H and O–H groups in total. The highest BCUT2D eigenvalue weighted by Gasteiger charge is 2.07. The van der Waals surface area contributed by atoms with Gasteiger partial charge in [-0.3, -0.25) is 0 Å². The van der Waals surface area contributed by atoms with Crippen molar-refractivity contribution >= 4 is 0 Å². The minimum absolute atomic E-state index is 0.0354. The maximum atomic E-state index is 11.8. The van der Waals surface area contributed by atoms with Gasteiger partial charge in [0.05, 0.1) is 0 Å². The first-order chi connectivity index (χ1) is 6.63. The van der Waals surface area contributed by atoms with Crippen molar-refractivity contribution in [2.45, 2.75) is 13.0 Å². The molecule has 0 saturated carbocycles. The Bertz CT molecular complexity index is 305. The molecule has 3 nitrogen and oxygen atoms in total. The number of alkyl halides is 2. The molecule has 0 heterocycles. The molecule has 0 spiro atoms. The minimum atomic E-state index is -2.56. The third kappa shape index (κ3) is 2.85. The summed E-state index contributed by atoms with van der Waals surface area (Å²) in [6.07, 6.45) is -2.56. The second-order valence-electron chi connectivity index (χ2n) is 2.71. The van der Waals surface area contributed by atoms with Crippen LogP contribution in [0.2, 0.25) is 0 Å². The van der Waals surface area contributed by atoms with Crippen LogP contribution in [-0.4, -0.2) is 18.1 Å². The van der Waals surface area contributed by atoms with Crippen LogP contribution in [0.15, 0.2) is 18.2 Å². The van der Waals surface area contributed by atoms with Gasteiger partial charge in [0.2, 0.25) is 0 Å². The first kappa shape index (κ1) is 10.7. The minimum Gasteiger partial charge on any atom is -0.504 e. The summed E-state index contributed by atoms with van der Waals surface area (Å²) in [6.45, 7) is -0.465. The summed E-state index contributed by atoms with van der Waals surface area (Å²) in [4.78, 5) is 0. The summed E-state index contributed by atoms with van der Waals surface area (Å²) in [6, 6.07) is 4.41. The lowest BCUT2D eigenvalue weighted by molar-refractivity contribution is 0.0805. The van der Waals surface area contributed by atoms with Gasteiger partial charge in [0.25, 0.3) is 6.43 Å². The van der Waals surface area contributed by atoms with Crippen molar-refractivity contribution in [1.29, 1.82) is 0 Å². The van der Waals surface area contributed by atoms with Crippen molar-refractivity contribution in [3.05, 3.63) is 23.8 Å². The van der Waals surface area contributed by atoms with Gasteiger partial charge in [-0.2, -0.15) is 0 Å². The number of halogens is 2. The summed E-state index contributed by atoms with van der Waals surface area (Å²) in [5.41, 5.74) is 6.05. The molecule has 1 aromatic carbocycles. The van der Waals surface area contributed by atoms with Gasteiger partial charge >= 0.3 is 0 Å². The second-order valence-corrected chi connectivity index (χ2v) is 2.71. The van der Waals surface area contributed by atoms with Crippen LogP contribution < -0.4 is 10.5 Å². The monoisotopic (exact) mass is 203 g/mol. The lowest BCUT2D eigenvalue weighted by Crippen LogP contribution is -2.07. The van der Waals surface area contributed by atoms with Crippen molar-refractivity contribution in [2.24, 2.45) is 5.73 Å². The molecule has 0 amide bonds. The number of aromatic hydroxyl groups is 1. The number of hydrogen-bond acceptors (Lipinski definition) is 3. The first-order valence-electron chi connectivity index (χ1n) is 4.06. The summed E-state index contributed by atoms with van der Waals surface area (Å²) in [5, 5.41) is 9.23. The molecule has 0 saturated heterocycles. The fourth-order valence-electron chi connectivity index (χ4n) is 0.954. The van der Waals surface area contributed by atoms with Crippen molar-refractivity contribution < 1.29 is 18.6 Å². The Labute approximate surface area is 80.1 Å². The molecule has 0 aromatic heterocycles. The number of phenolic OH excluding ortho intramolecular Hbond substituents is 1. The van der Waals surface area contributed by atoms with Crippen molar-refractivity contribution in [1.82, 2.24) is 0 Å². The first-order valence-corrected chi connectivity index (χ1v) is 4.06. The van der Waals surface area contributed by atoms with E-state index in [1.54, 1.807) is 6.07 Å². The van der Waals surface area contributed by atoms with E-state index >= 15 is 0 Å². The Morgan fingerprint density at radius 3 is 2.71 bits per heavy atom. The van der Waals surface area contributed by atoms with E-state index in [9.17, 15) is 13.9 Å². The molecule has 0 bridgehead atoms. The van der Waals surface area contributed by atoms with Crippen LogP contribution in [0.25, 0.3) is 0 Å². The van der Waals surface area contributed by atoms with E-state index in [2.05, 4.69) is 4.74 Å². The highest BCUT2D eigenvalue weighted by atomic mass is 19.3. The third-order valence-electron chi connectivity index (χ3n) is 1.62. The predicted molar refractivity (Wildman–Crippen MR) is 47.5 cm³/mol. The van der Waals surface area contributed by atoms with Gasteiger partial charge < -0.3 is 15.6 Å². The SMILES string of the molecule is NCc1ccc(O)c(OCC(F)F)c1. The zero-order valence-electron chi connectivity index (χ0n) is 7.41. The third-order valence-corrected chi connectivity index (χ3v) is 1.62. The Morgan fingerprint density at radius 1 is 1.43 bits per heavy atom. The fourth-order valence-corrected chi connectivity index (χ4v) is 0.954. The molecule has 0 unspecified atom stereocenters. The van der Waals surface area contributed by atoms with Crippen LogP contribution in [0.3, 0.4) is 0 Å². The fraction of sp³-hybridized carbons (Fsp3) is 0.333. The zero-order chi connectivity index (χ0) is 10.6. The van der Waals surface area contributed by atoms with Gasteiger partial charge in [-0.1, -0.05) is 6.07 Å². The van der Waals surface area contributed by atoms with Gasteiger partial charge in [-0.05, 0) is 17.7 Å². The Balaban J connectivity index is 2.73. The van der Waals surface area contributed by atoms with E-state index in [1.165, 1.54) is 12.1 Å². The highest BCUT2D eigenvalue weighted by Crippen LogP contribution is 2.26. The lowest BCUT2D eigenvalue weighted by atomic mass is 10.2. The Morgan fingerprint density at radius 2 is 2.14 bits per heavy atom. The van der Waals surface area contributed by atoms with Crippen LogP contribution in [0, 0.1) is 0 Å². The molecule has 0 atom stereocenters. The maximum absolute atomic E-state index is 11.8. The van der Waals surface area contributed by atoms with Crippen LogP contribution in [0.1, 0.15) is 5.56 Å². The largest absolute Gasteiger partial charge is 0.504 e. The number of hydrogen-bond donors (Lipinski definition) is 2. The smallest absolute Gasteiger partial charge is 0.272 e. The molecular formula is C9H11F2NO2. The van der Waals surface area contributed by atoms with Gasteiger partial charge in [-0.15, -0.1) is 0 Å². The summed E-state index contributed by atoms with van der Waals surface area (Å²) < 4.78 is 28.3. The van der Waals surface area contributed by atoms with E-state index < -0.39 is 13.0 Å². The van der Waals surface area contributed by atoms with Crippen LogP contribution in [0.4, 0.5) is 8.78 Å². The van der Waals surface area contributed by atoms with Gasteiger partial charge in [0.1, 0.15) is 6.61 Å². The van der Waals surface area contributed by atoms with Crippen molar-refractivity contribution in [2.75, 3.05) is 6.61 Å².